The van der Waals surface area contributed by atoms with Crippen LogP contribution in [0.15, 0.2) is 0 Å². The third-order valence-electron chi connectivity index (χ3n) is 2.40. The zero-order valence-electron chi connectivity index (χ0n) is 10.7. The first kappa shape index (κ1) is 16.1. The van der Waals surface area contributed by atoms with Gasteiger partial charge in [0.2, 0.25) is 0 Å². The van der Waals surface area contributed by atoms with Crippen LogP contribution >= 0.6 is 7.82 Å². The van der Waals surface area contributed by atoms with Crippen molar-refractivity contribution in [2.24, 2.45) is 17.8 Å². The molecule has 0 spiro atoms. The highest BCUT2D eigenvalue weighted by atomic mass is 31.2. The molecule has 0 amide bonds. The molecule has 0 heterocycles. The minimum Gasteiger partial charge on any atom is -0.303 e. The smallest absolute Gasteiger partial charge is 0.303 e. The van der Waals surface area contributed by atoms with Crippen LogP contribution in [0.2, 0.25) is 0 Å². The molecule has 0 aliphatic heterocycles. The molecular weight excluding hydrogens is 227 g/mol. The van der Waals surface area contributed by atoms with Gasteiger partial charge in [0.25, 0.3) is 0 Å². The van der Waals surface area contributed by atoms with Gasteiger partial charge in [-0.25, -0.2) is 4.57 Å². The fourth-order valence-corrected chi connectivity index (χ4v) is 2.35. The van der Waals surface area contributed by atoms with Crippen LogP contribution in [0.3, 0.4) is 0 Å². The molecule has 4 nitrogen and oxygen atoms in total. The van der Waals surface area contributed by atoms with Crippen molar-refractivity contribution < 1.29 is 18.9 Å². The Morgan fingerprint density at radius 1 is 1.06 bits per heavy atom. The van der Waals surface area contributed by atoms with E-state index in [-0.39, 0.29) is 6.61 Å². The molecule has 0 fully saturated rings. The van der Waals surface area contributed by atoms with Crippen molar-refractivity contribution >= 4 is 7.82 Å². The first-order chi connectivity index (χ1) is 7.20. The molecule has 16 heavy (non-hydrogen) atoms. The van der Waals surface area contributed by atoms with Crippen LogP contribution in [-0.4, -0.2) is 16.4 Å². The lowest BCUT2D eigenvalue weighted by atomic mass is 9.87. The Balaban J connectivity index is 3.96. The summed E-state index contributed by atoms with van der Waals surface area (Å²) in [5.41, 5.74) is 0. The molecule has 0 bridgehead atoms. The monoisotopic (exact) mass is 252 g/mol. The Hall–Kier alpha value is 0.110. The minimum absolute atomic E-state index is 0.147. The summed E-state index contributed by atoms with van der Waals surface area (Å²) in [6.07, 6.45) is 2.90. The van der Waals surface area contributed by atoms with Gasteiger partial charge in [-0.2, -0.15) is 0 Å². The highest BCUT2D eigenvalue weighted by molar-refractivity contribution is 7.46. The topological polar surface area (TPSA) is 66.8 Å². The van der Waals surface area contributed by atoms with Crippen molar-refractivity contribution in [1.82, 2.24) is 0 Å². The molecule has 0 radical (unpaired) electrons. The molecular formula is C11H25O4P. The molecule has 0 aromatic carbocycles. The highest BCUT2D eigenvalue weighted by Crippen LogP contribution is 2.36. The molecule has 5 heteroatoms. The molecule has 0 aliphatic rings. The van der Waals surface area contributed by atoms with Crippen LogP contribution in [0, 0.1) is 17.8 Å². The van der Waals surface area contributed by atoms with Crippen LogP contribution in [0.25, 0.3) is 0 Å². The Morgan fingerprint density at radius 2 is 1.50 bits per heavy atom. The highest BCUT2D eigenvalue weighted by Gasteiger charge is 2.17. The van der Waals surface area contributed by atoms with E-state index in [1.54, 1.807) is 0 Å². The predicted molar refractivity (Wildman–Crippen MR) is 65.0 cm³/mol. The number of phosphoric ester groups is 1. The van der Waals surface area contributed by atoms with E-state index in [2.05, 4.69) is 32.2 Å². The molecule has 0 aromatic heterocycles. The molecule has 2 N–H and O–H groups in total. The van der Waals surface area contributed by atoms with Gasteiger partial charge in [-0.1, -0.05) is 27.7 Å². The van der Waals surface area contributed by atoms with Crippen molar-refractivity contribution in [3.8, 4) is 0 Å². The Kier molecular flexibility index (Phi) is 7.49. The van der Waals surface area contributed by atoms with Gasteiger partial charge >= 0.3 is 7.82 Å². The Labute approximate surface area is 98.6 Å². The van der Waals surface area contributed by atoms with Gasteiger partial charge < -0.3 is 9.79 Å². The molecule has 98 valence electrons. The third kappa shape index (κ3) is 10.6. The zero-order chi connectivity index (χ0) is 12.8. The van der Waals surface area contributed by atoms with Crippen LogP contribution in [0.1, 0.15) is 47.0 Å². The van der Waals surface area contributed by atoms with E-state index in [4.69, 9.17) is 9.79 Å². The minimum atomic E-state index is -4.29. The van der Waals surface area contributed by atoms with Crippen LogP contribution in [-0.2, 0) is 9.09 Å². The molecule has 0 aliphatic carbocycles. The summed E-state index contributed by atoms with van der Waals surface area (Å²) in [6.45, 7) is 8.80. The van der Waals surface area contributed by atoms with E-state index >= 15 is 0 Å². The second-order valence-electron chi connectivity index (χ2n) is 5.24. The molecule has 0 rings (SSSR count). The Bertz CT molecular complexity index is 212. The molecule has 0 saturated carbocycles. The average Bonchev–Trinajstić information content (AvgIpc) is 1.98. The van der Waals surface area contributed by atoms with E-state index in [0.717, 1.165) is 19.3 Å². The maximum atomic E-state index is 10.5. The van der Waals surface area contributed by atoms with Crippen LogP contribution in [0.5, 0.6) is 0 Å². The van der Waals surface area contributed by atoms with Crippen molar-refractivity contribution in [3.63, 3.8) is 0 Å². The Morgan fingerprint density at radius 3 is 1.81 bits per heavy atom. The largest absolute Gasteiger partial charge is 0.469 e. The van der Waals surface area contributed by atoms with E-state index in [1.807, 2.05) is 0 Å². The van der Waals surface area contributed by atoms with E-state index < -0.39 is 7.82 Å². The van der Waals surface area contributed by atoms with Gasteiger partial charge in [0.15, 0.2) is 0 Å². The standard InChI is InChI=1S/C11H25O4P/c1-9(2)7-11(8-10(3)4)5-6-15-16(12,13)14/h9-11H,5-8H2,1-4H3,(H2,12,13,14). The SMILES string of the molecule is CC(C)CC(CCOP(=O)(O)O)CC(C)C. The number of hydrogen-bond acceptors (Lipinski definition) is 2. The predicted octanol–water partition coefficient (Wildman–Crippen LogP) is 3.19. The fourth-order valence-electron chi connectivity index (χ4n) is 2.00. The molecule has 0 unspecified atom stereocenters. The summed E-state index contributed by atoms with van der Waals surface area (Å²) < 4.78 is 15.0. The third-order valence-corrected chi connectivity index (χ3v) is 2.91. The van der Waals surface area contributed by atoms with Crippen LogP contribution in [0.4, 0.5) is 0 Å². The van der Waals surface area contributed by atoms with Gasteiger partial charge in [-0.3, -0.25) is 4.52 Å². The normalized spacial score (nSPS) is 13.1. The van der Waals surface area contributed by atoms with E-state index in [9.17, 15) is 4.57 Å². The second-order valence-corrected chi connectivity index (χ2v) is 6.48. The lowest BCUT2D eigenvalue weighted by Gasteiger charge is -2.20. The lowest BCUT2D eigenvalue weighted by Crippen LogP contribution is -2.10. The molecule has 0 atom stereocenters. The van der Waals surface area contributed by atoms with Crippen molar-refractivity contribution in [2.45, 2.75) is 47.0 Å². The zero-order valence-corrected chi connectivity index (χ0v) is 11.6. The fraction of sp³-hybridized carbons (Fsp3) is 1.00. The number of hydrogen-bond donors (Lipinski definition) is 2. The van der Waals surface area contributed by atoms with Crippen LogP contribution < -0.4 is 0 Å². The van der Waals surface area contributed by atoms with Crippen molar-refractivity contribution in [2.75, 3.05) is 6.61 Å². The van der Waals surface area contributed by atoms with Crippen molar-refractivity contribution in [1.29, 1.82) is 0 Å². The molecule has 0 aromatic rings. The lowest BCUT2D eigenvalue weighted by molar-refractivity contribution is 0.175. The average molecular weight is 252 g/mol. The maximum Gasteiger partial charge on any atom is 0.469 e. The summed E-state index contributed by atoms with van der Waals surface area (Å²) >= 11 is 0. The van der Waals surface area contributed by atoms with Gasteiger partial charge in [-0.05, 0) is 37.0 Å². The van der Waals surface area contributed by atoms with Gasteiger partial charge in [0.05, 0.1) is 6.61 Å². The van der Waals surface area contributed by atoms with E-state index in [0.29, 0.717) is 17.8 Å². The van der Waals surface area contributed by atoms with Crippen molar-refractivity contribution in [3.05, 3.63) is 0 Å². The maximum absolute atomic E-state index is 10.5. The summed E-state index contributed by atoms with van der Waals surface area (Å²) in [5.74, 6) is 1.71. The van der Waals surface area contributed by atoms with Gasteiger partial charge in [0.1, 0.15) is 0 Å². The quantitative estimate of drug-likeness (QED) is 0.651. The first-order valence-corrected chi connectivity index (χ1v) is 7.43. The summed E-state index contributed by atoms with van der Waals surface area (Å²) in [7, 11) is -4.29. The molecule has 0 saturated heterocycles. The number of phosphoric acid groups is 1. The second kappa shape index (κ2) is 7.44. The van der Waals surface area contributed by atoms with Gasteiger partial charge in [0, 0.05) is 0 Å². The summed E-state index contributed by atoms with van der Waals surface area (Å²) in [4.78, 5) is 17.2. The van der Waals surface area contributed by atoms with E-state index in [1.165, 1.54) is 0 Å². The first-order valence-electron chi connectivity index (χ1n) is 5.90. The summed E-state index contributed by atoms with van der Waals surface area (Å²) in [5, 5.41) is 0. The summed E-state index contributed by atoms with van der Waals surface area (Å²) in [6, 6.07) is 0. The number of rotatable bonds is 8. The van der Waals surface area contributed by atoms with Gasteiger partial charge in [-0.15, -0.1) is 0 Å².